The molecule has 0 saturated heterocycles. The predicted molar refractivity (Wildman–Crippen MR) is 104 cm³/mol. The van der Waals surface area contributed by atoms with Crippen molar-refractivity contribution in [2.24, 2.45) is 7.05 Å². The van der Waals surface area contributed by atoms with Crippen molar-refractivity contribution in [3.05, 3.63) is 66.6 Å². The third kappa shape index (κ3) is 3.14. The Labute approximate surface area is 164 Å². The minimum Gasteiger partial charge on any atom is -0.459 e. The van der Waals surface area contributed by atoms with E-state index in [1.807, 2.05) is 31.3 Å². The van der Waals surface area contributed by atoms with Crippen molar-refractivity contribution in [3.8, 4) is 22.8 Å². The van der Waals surface area contributed by atoms with Crippen LogP contribution < -0.4 is 5.32 Å². The van der Waals surface area contributed by atoms with Crippen LogP contribution in [0.4, 0.5) is 5.69 Å². The maximum atomic E-state index is 12.2. The Balaban J connectivity index is 1.41. The van der Waals surface area contributed by atoms with Gasteiger partial charge < -0.3 is 14.3 Å². The standard InChI is InChI=1S/C20H14N6O3/c1-26-16-8-7-12(11-15(16)23-25-26)18-22-20(29-24-18)13-4-2-5-14(10-13)21-19(27)17-6-3-9-28-17/h2-11H,1H3,(H,21,27). The lowest BCUT2D eigenvalue weighted by molar-refractivity contribution is 0.0996. The molecule has 5 aromatic rings. The smallest absolute Gasteiger partial charge is 0.291 e. The van der Waals surface area contributed by atoms with Crippen LogP contribution in [-0.4, -0.2) is 31.0 Å². The second kappa shape index (κ2) is 6.71. The number of aryl methyl sites for hydroxylation is 1. The number of amides is 1. The number of fused-ring (bicyclic) bond motifs is 1. The van der Waals surface area contributed by atoms with E-state index >= 15 is 0 Å². The lowest BCUT2D eigenvalue weighted by Gasteiger charge is -2.04. The maximum absolute atomic E-state index is 12.2. The summed E-state index contributed by atoms with van der Waals surface area (Å²) in [5, 5.41) is 14.9. The number of hydrogen-bond donors (Lipinski definition) is 1. The highest BCUT2D eigenvalue weighted by atomic mass is 16.5. The Morgan fingerprint density at radius 3 is 2.86 bits per heavy atom. The van der Waals surface area contributed by atoms with Gasteiger partial charge >= 0.3 is 0 Å². The Morgan fingerprint density at radius 2 is 2.00 bits per heavy atom. The third-order valence-corrected chi connectivity index (χ3v) is 4.41. The van der Waals surface area contributed by atoms with Gasteiger partial charge in [0.05, 0.1) is 11.8 Å². The zero-order valence-corrected chi connectivity index (χ0v) is 15.2. The molecule has 0 saturated carbocycles. The second-order valence-corrected chi connectivity index (χ2v) is 6.35. The van der Waals surface area contributed by atoms with Gasteiger partial charge in [-0.2, -0.15) is 4.98 Å². The molecule has 9 heteroatoms. The van der Waals surface area contributed by atoms with E-state index in [-0.39, 0.29) is 11.7 Å². The highest BCUT2D eigenvalue weighted by molar-refractivity contribution is 6.02. The van der Waals surface area contributed by atoms with Gasteiger partial charge in [0.15, 0.2) is 5.76 Å². The van der Waals surface area contributed by atoms with E-state index in [4.69, 9.17) is 8.94 Å². The first-order valence-corrected chi connectivity index (χ1v) is 8.76. The van der Waals surface area contributed by atoms with Gasteiger partial charge in [0.1, 0.15) is 5.52 Å². The lowest BCUT2D eigenvalue weighted by Crippen LogP contribution is -2.10. The molecule has 2 aromatic carbocycles. The van der Waals surface area contributed by atoms with Gasteiger partial charge in [0, 0.05) is 23.9 Å². The summed E-state index contributed by atoms with van der Waals surface area (Å²) >= 11 is 0. The Bertz CT molecular complexity index is 1320. The van der Waals surface area contributed by atoms with Gasteiger partial charge in [-0.1, -0.05) is 16.4 Å². The first-order valence-electron chi connectivity index (χ1n) is 8.76. The largest absolute Gasteiger partial charge is 0.459 e. The topological polar surface area (TPSA) is 112 Å². The molecule has 142 valence electrons. The molecule has 0 unspecified atom stereocenters. The SMILES string of the molecule is Cn1nnc2cc(-c3noc(-c4cccc(NC(=O)c5ccco5)c4)n3)ccc21. The summed E-state index contributed by atoms with van der Waals surface area (Å²) in [4.78, 5) is 16.6. The number of aromatic nitrogens is 5. The highest BCUT2D eigenvalue weighted by Gasteiger charge is 2.14. The molecule has 3 aromatic heterocycles. The fraction of sp³-hybridized carbons (Fsp3) is 0.0500. The summed E-state index contributed by atoms with van der Waals surface area (Å²) in [5.74, 6) is 0.677. The summed E-state index contributed by atoms with van der Waals surface area (Å²) in [5.41, 5.74) is 3.71. The normalized spacial score (nSPS) is 11.1. The van der Waals surface area contributed by atoms with Crippen LogP contribution in [0.5, 0.6) is 0 Å². The van der Waals surface area contributed by atoms with Crippen molar-refractivity contribution in [2.45, 2.75) is 0 Å². The summed E-state index contributed by atoms with van der Waals surface area (Å²) in [6, 6.07) is 16.0. The molecule has 0 aliphatic carbocycles. The van der Waals surface area contributed by atoms with Gasteiger partial charge in [-0.25, -0.2) is 4.68 Å². The lowest BCUT2D eigenvalue weighted by atomic mass is 10.2. The van der Waals surface area contributed by atoms with E-state index in [9.17, 15) is 4.79 Å². The van der Waals surface area contributed by atoms with Gasteiger partial charge in [-0.15, -0.1) is 5.10 Å². The van der Waals surface area contributed by atoms with Crippen LogP contribution >= 0.6 is 0 Å². The first-order chi connectivity index (χ1) is 14.2. The van der Waals surface area contributed by atoms with E-state index in [1.54, 1.807) is 35.0 Å². The molecular formula is C20H14N6O3. The molecule has 1 N–H and O–H groups in total. The number of hydrogen-bond acceptors (Lipinski definition) is 7. The minimum atomic E-state index is -0.337. The number of benzene rings is 2. The van der Waals surface area contributed by atoms with Gasteiger partial charge in [0.2, 0.25) is 5.82 Å². The summed E-state index contributed by atoms with van der Waals surface area (Å²) < 4.78 is 12.2. The van der Waals surface area contributed by atoms with Crippen molar-refractivity contribution in [1.29, 1.82) is 0 Å². The molecular weight excluding hydrogens is 372 g/mol. The van der Waals surface area contributed by atoms with Crippen LogP contribution in [0.15, 0.2) is 69.8 Å². The minimum absolute atomic E-state index is 0.231. The zero-order valence-electron chi connectivity index (χ0n) is 15.2. The molecule has 5 rings (SSSR count). The third-order valence-electron chi connectivity index (χ3n) is 4.41. The number of anilines is 1. The monoisotopic (exact) mass is 386 g/mol. The molecule has 1 amide bonds. The van der Waals surface area contributed by atoms with Crippen molar-refractivity contribution < 1.29 is 13.7 Å². The van der Waals surface area contributed by atoms with Crippen molar-refractivity contribution in [3.63, 3.8) is 0 Å². The molecule has 0 aliphatic rings. The quantitative estimate of drug-likeness (QED) is 0.503. The second-order valence-electron chi connectivity index (χ2n) is 6.35. The van der Waals surface area contributed by atoms with Crippen LogP contribution in [0.1, 0.15) is 10.6 Å². The van der Waals surface area contributed by atoms with E-state index < -0.39 is 0 Å². The number of nitrogens with one attached hydrogen (secondary N) is 1. The molecule has 0 spiro atoms. The predicted octanol–water partition coefficient (Wildman–Crippen LogP) is 3.53. The summed E-state index contributed by atoms with van der Waals surface area (Å²) in [6.45, 7) is 0. The van der Waals surface area contributed by atoms with E-state index in [1.165, 1.54) is 6.26 Å². The van der Waals surface area contributed by atoms with Gasteiger partial charge in [-0.05, 0) is 48.5 Å². The van der Waals surface area contributed by atoms with Crippen LogP contribution in [0, 0.1) is 0 Å². The van der Waals surface area contributed by atoms with Crippen molar-refractivity contribution in [1.82, 2.24) is 25.1 Å². The van der Waals surface area contributed by atoms with Crippen LogP contribution in [0.25, 0.3) is 33.9 Å². The van der Waals surface area contributed by atoms with Crippen molar-refractivity contribution in [2.75, 3.05) is 5.32 Å². The molecule has 0 radical (unpaired) electrons. The Kier molecular flexibility index (Phi) is 3.91. The van der Waals surface area contributed by atoms with E-state index in [2.05, 4.69) is 25.8 Å². The highest BCUT2D eigenvalue weighted by Crippen LogP contribution is 2.26. The van der Waals surface area contributed by atoms with E-state index in [0.29, 0.717) is 23.0 Å². The summed E-state index contributed by atoms with van der Waals surface area (Å²) in [7, 11) is 1.83. The van der Waals surface area contributed by atoms with Crippen LogP contribution in [0.3, 0.4) is 0 Å². The molecule has 0 aliphatic heterocycles. The average Bonchev–Trinajstić information content (AvgIpc) is 3.49. The molecule has 0 fully saturated rings. The number of carbonyl (C=O) groups is 1. The number of furan rings is 1. The number of carbonyl (C=O) groups excluding carboxylic acids is 1. The summed E-state index contributed by atoms with van der Waals surface area (Å²) in [6.07, 6.45) is 1.45. The van der Waals surface area contributed by atoms with Crippen molar-refractivity contribution >= 4 is 22.6 Å². The Hall–Kier alpha value is -4.27. The fourth-order valence-electron chi connectivity index (χ4n) is 2.97. The average molecular weight is 386 g/mol. The molecule has 0 bridgehead atoms. The van der Waals surface area contributed by atoms with E-state index in [0.717, 1.165) is 16.6 Å². The zero-order chi connectivity index (χ0) is 19.8. The van der Waals surface area contributed by atoms with Gasteiger partial charge in [-0.3, -0.25) is 4.79 Å². The maximum Gasteiger partial charge on any atom is 0.291 e. The molecule has 29 heavy (non-hydrogen) atoms. The fourth-order valence-corrected chi connectivity index (χ4v) is 2.97. The molecule has 0 atom stereocenters. The first kappa shape index (κ1) is 16.9. The van der Waals surface area contributed by atoms with Crippen LogP contribution in [-0.2, 0) is 7.05 Å². The number of nitrogens with zero attached hydrogens (tertiary/aromatic N) is 5. The Morgan fingerprint density at radius 1 is 1.07 bits per heavy atom. The molecule has 3 heterocycles. The number of rotatable bonds is 4. The van der Waals surface area contributed by atoms with Gasteiger partial charge in [0.25, 0.3) is 11.8 Å². The molecule has 9 nitrogen and oxygen atoms in total. The van der Waals surface area contributed by atoms with Crippen LogP contribution in [0.2, 0.25) is 0 Å².